The minimum Gasteiger partial charge on any atom is -0.534 e. The number of ether oxygens (including phenoxy) is 1. The zero-order valence-electron chi connectivity index (χ0n) is 27.4. The summed E-state index contributed by atoms with van der Waals surface area (Å²) < 4.78 is 13.2. The van der Waals surface area contributed by atoms with Gasteiger partial charge in [0.25, 0.3) is 0 Å². The summed E-state index contributed by atoms with van der Waals surface area (Å²) in [5.41, 5.74) is 3.45. The van der Waals surface area contributed by atoms with E-state index in [1.165, 1.54) is 10.4 Å². The second-order valence-corrected chi connectivity index (χ2v) is 17.5. The normalized spacial score (nSPS) is 16.2. The van der Waals surface area contributed by atoms with E-state index in [0.29, 0.717) is 6.42 Å². The number of nitrogens with zero attached hydrogens (tertiary/aromatic N) is 1. The zero-order chi connectivity index (χ0) is 32.9. The third kappa shape index (κ3) is 6.62. The lowest BCUT2D eigenvalue weighted by molar-refractivity contribution is 0.0700. The molecule has 1 aliphatic rings. The van der Waals surface area contributed by atoms with Gasteiger partial charge in [-0.15, -0.1) is 0 Å². The highest BCUT2D eigenvalue weighted by atomic mass is 28.4. The number of benzene rings is 5. The van der Waals surface area contributed by atoms with Gasteiger partial charge in [0.05, 0.1) is 24.1 Å². The Balaban J connectivity index is 1.22. The summed E-state index contributed by atoms with van der Waals surface area (Å²) in [5, 5.41) is 13.9. The maximum absolute atomic E-state index is 13.4. The van der Waals surface area contributed by atoms with Crippen molar-refractivity contribution in [2.75, 3.05) is 11.5 Å². The molecule has 0 spiro atoms. The highest BCUT2D eigenvalue weighted by molar-refractivity contribution is 7.00. The van der Waals surface area contributed by atoms with Crippen molar-refractivity contribution in [2.24, 2.45) is 5.92 Å². The molecule has 2 unspecified atom stereocenters. The molecule has 5 nitrogen and oxygen atoms in total. The van der Waals surface area contributed by atoms with E-state index in [-0.39, 0.29) is 17.6 Å². The fraction of sp³-hybridized carbons (Fsp3) is 0.244. The first-order valence-corrected chi connectivity index (χ1v) is 18.4. The number of fused-ring (bicyclic) bond motifs is 1. The second-order valence-electron chi connectivity index (χ2n) is 13.2. The Morgan fingerprint density at radius 2 is 1.26 bits per heavy atom. The van der Waals surface area contributed by atoms with Gasteiger partial charge in [0, 0.05) is 0 Å². The largest absolute Gasteiger partial charge is 0.534 e. The molecule has 0 aromatic heterocycles. The molecule has 2 atom stereocenters. The van der Waals surface area contributed by atoms with Gasteiger partial charge in [0.15, 0.2) is 0 Å². The number of para-hydroxylation sites is 2. The molecular weight excluding hydrogens is 599 g/mol. The lowest BCUT2D eigenvalue weighted by atomic mass is 9.79. The van der Waals surface area contributed by atoms with Crippen LogP contribution in [0.1, 0.15) is 50.8 Å². The van der Waals surface area contributed by atoms with E-state index in [0.717, 1.165) is 41.1 Å². The van der Waals surface area contributed by atoms with Crippen LogP contribution in [0.5, 0.6) is 5.75 Å². The van der Waals surface area contributed by atoms with Crippen LogP contribution in [-0.2, 0) is 11.2 Å². The Morgan fingerprint density at radius 3 is 1.77 bits per heavy atom. The first-order valence-electron chi connectivity index (χ1n) is 16.5. The van der Waals surface area contributed by atoms with Crippen LogP contribution in [0, 0.1) is 5.92 Å². The monoisotopic (exact) mass is 641 g/mol. The van der Waals surface area contributed by atoms with Gasteiger partial charge in [0.2, 0.25) is 0 Å². The summed E-state index contributed by atoms with van der Waals surface area (Å²) in [6, 6.07) is 46.4. The molecule has 1 aliphatic carbocycles. The molecule has 0 fully saturated rings. The highest BCUT2D eigenvalue weighted by Gasteiger charge is 2.52. The zero-order valence-corrected chi connectivity index (χ0v) is 28.4. The molecule has 0 radical (unpaired) electrons. The number of carbonyl (C=O) groups is 1. The van der Waals surface area contributed by atoms with E-state index in [9.17, 15) is 9.90 Å². The van der Waals surface area contributed by atoms with Crippen LogP contribution in [-0.4, -0.2) is 26.1 Å². The van der Waals surface area contributed by atoms with Crippen LogP contribution in [0.4, 0.5) is 16.2 Å². The predicted octanol–water partition coefficient (Wildman–Crippen LogP) is 8.59. The Morgan fingerprint density at radius 1 is 0.745 bits per heavy atom. The van der Waals surface area contributed by atoms with Crippen molar-refractivity contribution in [3.05, 3.63) is 151 Å². The average Bonchev–Trinajstić information content (AvgIpc) is 3.09. The SMILES string of the molecule is CC(C)(C)[Si](Oc1cccc2c1CCC(CCOC(=O)N(c1ccccc1)c1ccccc1)C2O)(c1ccccc1)c1ccccc1. The standard InChI is InChI=1S/C41H43NO4Si/c1-41(2,3)47(34-21-12-6-13-22-34,35-23-14-7-15-24-35)46-38-26-16-25-37-36(38)28-27-31(39(37)43)29-30-45-40(44)42(32-17-8-4-9-18-32)33-19-10-5-11-20-33/h4-26,31,39,43H,27-30H2,1-3H3. The smallest absolute Gasteiger partial charge is 0.418 e. The molecule has 1 amide bonds. The van der Waals surface area contributed by atoms with Crippen molar-refractivity contribution in [1.82, 2.24) is 0 Å². The lowest BCUT2D eigenvalue weighted by Gasteiger charge is -2.44. The lowest BCUT2D eigenvalue weighted by Crippen LogP contribution is -2.69. The highest BCUT2D eigenvalue weighted by Crippen LogP contribution is 2.43. The number of aliphatic hydroxyl groups excluding tert-OH is 1. The molecule has 6 rings (SSSR count). The summed E-state index contributed by atoms with van der Waals surface area (Å²) in [7, 11) is -2.83. The molecule has 240 valence electrons. The van der Waals surface area contributed by atoms with Crippen LogP contribution in [0.15, 0.2) is 140 Å². The Labute approximate surface area is 279 Å². The van der Waals surface area contributed by atoms with E-state index >= 15 is 0 Å². The first kappa shape index (κ1) is 32.3. The summed E-state index contributed by atoms with van der Waals surface area (Å²) >= 11 is 0. The minimum absolute atomic E-state index is 0.0414. The van der Waals surface area contributed by atoms with Gasteiger partial charge < -0.3 is 14.3 Å². The molecule has 0 saturated carbocycles. The topological polar surface area (TPSA) is 59.0 Å². The third-order valence-corrected chi connectivity index (χ3v) is 14.2. The molecule has 47 heavy (non-hydrogen) atoms. The summed E-state index contributed by atoms with van der Waals surface area (Å²) in [6.07, 6.45) is 0.991. The molecule has 0 heterocycles. The van der Waals surface area contributed by atoms with Gasteiger partial charge >= 0.3 is 14.4 Å². The molecule has 1 N–H and O–H groups in total. The van der Waals surface area contributed by atoms with E-state index in [1.54, 1.807) is 4.90 Å². The second kappa shape index (κ2) is 14.0. The van der Waals surface area contributed by atoms with Gasteiger partial charge in [-0.2, -0.15) is 0 Å². The number of hydrogen-bond donors (Lipinski definition) is 1. The number of rotatable bonds is 9. The number of aliphatic hydroxyl groups is 1. The minimum atomic E-state index is -2.83. The Kier molecular flexibility index (Phi) is 9.62. The van der Waals surface area contributed by atoms with Crippen LogP contribution in [0.25, 0.3) is 0 Å². The Hall–Kier alpha value is -4.65. The van der Waals surface area contributed by atoms with Gasteiger partial charge in [-0.05, 0) is 82.1 Å². The van der Waals surface area contributed by atoms with Gasteiger partial charge in [0.1, 0.15) is 5.75 Å². The number of hydrogen-bond acceptors (Lipinski definition) is 4. The number of amides is 1. The van der Waals surface area contributed by atoms with Crippen LogP contribution in [0.3, 0.4) is 0 Å². The van der Waals surface area contributed by atoms with Crippen LogP contribution >= 0.6 is 0 Å². The molecule has 0 bridgehead atoms. The first-order chi connectivity index (χ1) is 22.8. The van der Waals surface area contributed by atoms with Crippen molar-refractivity contribution in [3.63, 3.8) is 0 Å². The number of carbonyl (C=O) groups excluding carboxylic acids is 1. The van der Waals surface area contributed by atoms with Crippen LogP contribution < -0.4 is 19.7 Å². The van der Waals surface area contributed by atoms with Gasteiger partial charge in [-0.1, -0.05) is 130 Å². The average molecular weight is 642 g/mol. The van der Waals surface area contributed by atoms with Crippen molar-refractivity contribution < 1.29 is 19.1 Å². The molecule has 0 saturated heterocycles. The van der Waals surface area contributed by atoms with Gasteiger partial charge in [-0.25, -0.2) is 9.69 Å². The van der Waals surface area contributed by atoms with Crippen molar-refractivity contribution in [2.45, 2.75) is 51.2 Å². The third-order valence-electron chi connectivity index (χ3n) is 9.30. The fourth-order valence-electron chi connectivity index (χ4n) is 6.96. The molecule has 0 aliphatic heterocycles. The van der Waals surface area contributed by atoms with Crippen molar-refractivity contribution in [1.29, 1.82) is 0 Å². The summed E-state index contributed by atoms with van der Waals surface area (Å²) in [4.78, 5) is 15.0. The van der Waals surface area contributed by atoms with E-state index < -0.39 is 20.5 Å². The van der Waals surface area contributed by atoms with E-state index in [2.05, 4.69) is 87.5 Å². The predicted molar refractivity (Wildman–Crippen MR) is 192 cm³/mol. The quantitative estimate of drug-likeness (QED) is 0.164. The number of anilines is 2. The van der Waals surface area contributed by atoms with Gasteiger partial charge in [-0.3, -0.25) is 0 Å². The summed E-state index contributed by atoms with van der Waals surface area (Å²) in [6.45, 7) is 7.04. The maximum Gasteiger partial charge on any atom is 0.418 e. The maximum atomic E-state index is 13.4. The molecule has 5 aromatic rings. The van der Waals surface area contributed by atoms with Crippen LogP contribution in [0.2, 0.25) is 5.04 Å². The molecule has 6 heteroatoms. The van der Waals surface area contributed by atoms with E-state index in [1.807, 2.05) is 72.8 Å². The van der Waals surface area contributed by atoms with Crippen molar-refractivity contribution in [3.8, 4) is 5.75 Å². The van der Waals surface area contributed by atoms with Crippen molar-refractivity contribution >= 4 is 36.2 Å². The molecule has 5 aromatic carbocycles. The fourth-order valence-corrected chi connectivity index (χ4v) is 11.4. The molecular formula is C41H43NO4Si. The summed E-state index contributed by atoms with van der Waals surface area (Å²) in [5.74, 6) is 0.808. The Bertz CT molecular complexity index is 1680. The van der Waals surface area contributed by atoms with E-state index in [4.69, 9.17) is 9.16 Å².